The van der Waals surface area contributed by atoms with Gasteiger partial charge in [-0.2, -0.15) is 0 Å². The zero-order chi connectivity index (χ0) is 9.73. The Hall–Kier alpha value is -0.340. The van der Waals surface area contributed by atoms with Crippen molar-refractivity contribution in [3.05, 3.63) is 12.7 Å². The number of hydrogen-bond acceptors (Lipinski definition) is 2. The highest BCUT2D eigenvalue weighted by Gasteiger charge is 2.31. The van der Waals surface area contributed by atoms with Crippen LogP contribution in [0.4, 0.5) is 0 Å². The molecule has 1 aliphatic rings. The Kier molecular flexibility index (Phi) is 3.94. The van der Waals surface area contributed by atoms with E-state index in [1.807, 2.05) is 6.08 Å². The van der Waals surface area contributed by atoms with Crippen LogP contribution in [0.2, 0.25) is 0 Å². The van der Waals surface area contributed by atoms with Gasteiger partial charge in [-0.1, -0.05) is 18.9 Å². The molecule has 0 aliphatic heterocycles. The van der Waals surface area contributed by atoms with E-state index < -0.39 is 0 Å². The highest BCUT2D eigenvalue weighted by Crippen LogP contribution is 2.36. The van der Waals surface area contributed by atoms with Gasteiger partial charge in [-0.3, -0.25) is 0 Å². The van der Waals surface area contributed by atoms with E-state index in [4.69, 9.17) is 5.73 Å². The minimum atomic E-state index is 0.157. The Morgan fingerprint density at radius 2 is 2.31 bits per heavy atom. The molecule has 2 heteroatoms. The highest BCUT2D eigenvalue weighted by molar-refractivity contribution is 4.91. The predicted molar refractivity (Wildman–Crippen MR) is 57.6 cm³/mol. The fourth-order valence-electron chi connectivity index (χ4n) is 1.66. The molecule has 1 fully saturated rings. The first kappa shape index (κ1) is 10.7. The molecule has 1 atom stereocenters. The van der Waals surface area contributed by atoms with Crippen LogP contribution < -0.4 is 11.1 Å². The highest BCUT2D eigenvalue weighted by atomic mass is 15.0. The lowest BCUT2D eigenvalue weighted by Gasteiger charge is -2.29. The monoisotopic (exact) mass is 182 g/mol. The van der Waals surface area contributed by atoms with Crippen molar-refractivity contribution in [2.24, 2.45) is 11.7 Å². The fourth-order valence-corrected chi connectivity index (χ4v) is 1.66. The number of nitrogens with one attached hydrogen (secondary N) is 1. The van der Waals surface area contributed by atoms with Crippen LogP contribution in [-0.2, 0) is 0 Å². The van der Waals surface area contributed by atoms with E-state index in [0.717, 1.165) is 25.4 Å². The molecule has 0 aromatic heterocycles. The minimum absolute atomic E-state index is 0.157. The summed E-state index contributed by atoms with van der Waals surface area (Å²) in [6, 6.07) is 0. The molecule has 0 spiro atoms. The summed E-state index contributed by atoms with van der Waals surface area (Å²) in [7, 11) is 0. The van der Waals surface area contributed by atoms with Gasteiger partial charge < -0.3 is 11.1 Å². The van der Waals surface area contributed by atoms with E-state index in [-0.39, 0.29) is 5.54 Å². The van der Waals surface area contributed by atoms with Gasteiger partial charge in [0.1, 0.15) is 0 Å². The third kappa shape index (κ3) is 3.92. The second kappa shape index (κ2) is 4.77. The van der Waals surface area contributed by atoms with Gasteiger partial charge in [0, 0.05) is 12.1 Å². The largest absolute Gasteiger partial charge is 0.329 e. The van der Waals surface area contributed by atoms with E-state index in [1.54, 1.807) is 0 Å². The first-order chi connectivity index (χ1) is 6.20. The Labute approximate surface area is 81.6 Å². The lowest BCUT2D eigenvalue weighted by Crippen LogP contribution is -2.49. The Morgan fingerprint density at radius 3 is 2.77 bits per heavy atom. The van der Waals surface area contributed by atoms with Crippen LogP contribution in [0.5, 0.6) is 0 Å². The second-order valence-corrected chi connectivity index (χ2v) is 4.42. The van der Waals surface area contributed by atoms with Crippen molar-refractivity contribution in [2.75, 3.05) is 13.1 Å². The van der Waals surface area contributed by atoms with Gasteiger partial charge in [0.15, 0.2) is 0 Å². The molecule has 1 aliphatic carbocycles. The van der Waals surface area contributed by atoms with Gasteiger partial charge in [0.05, 0.1) is 0 Å². The Morgan fingerprint density at radius 1 is 1.62 bits per heavy atom. The van der Waals surface area contributed by atoms with E-state index in [1.165, 1.54) is 19.3 Å². The maximum absolute atomic E-state index is 5.78. The van der Waals surface area contributed by atoms with Gasteiger partial charge in [-0.15, -0.1) is 6.58 Å². The van der Waals surface area contributed by atoms with Crippen LogP contribution in [0.25, 0.3) is 0 Å². The standard InChI is InChI=1S/C11H22N2/c1-3-4-7-13-11(2,9-12)8-10-5-6-10/h3,10,13H,1,4-9,12H2,2H3. The van der Waals surface area contributed by atoms with Crippen LogP contribution in [-0.4, -0.2) is 18.6 Å². The molecule has 2 nitrogen and oxygen atoms in total. The average Bonchev–Trinajstić information content (AvgIpc) is 2.89. The molecule has 0 radical (unpaired) electrons. The molecule has 0 bridgehead atoms. The quantitative estimate of drug-likeness (QED) is 0.464. The molecule has 76 valence electrons. The van der Waals surface area contributed by atoms with Gasteiger partial charge in [0.2, 0.25) is 0 Å². The first-order valence-electron chi connectivity index (χ1n) is 5.26. The molecule has 13 heavy (non-hydrogen) atoms. The molecule has 1 unspecified atom stereocenters. The lowest BCUT2D eigenvalue weighted by molar-refractivity contribution is 0.326. The van der Waals surface area contributed by atoms with E-state index in [0.29, 0.717) is 0 Å². The summed E-state index contributed by atoms with van der Waals surface area (Å²) in [6.45, 7) is 7.68. The summed E-state index contributed by atoms with van der Waals surface area (Å²) < 4.78 is 0. The second-order valence-electron chi connectivity index (χ2n) is 4.42. The molecule has 1 saturated carbocycles. The zero-order valence-corrected chi connectivity index (χ0v) is 8.68. The van der Waals surface area contributed by atoms with Crippen LogP contribution in [0.3, 0.4) is 0 Å². The summed E-state index contributed by atoms with van der Waals surface area (Å²) in [4.78, 5) is 0. The number of hydrogen-bond donors (Lipinski definition) is 2. The van der Waals surface area contributed by atoms with Gasteiger partial charge >= 0.3 is 0 Å². The van der Waals surface area contributed by atoms with Gasteiger partial charge in [0.25, 0.3) is 0 Å². The maximum atomic E-state index is 5.78. The molecular formula is C11H22N2. The normalized spacial score (nSPS) is 21.1. The van der Waals surface area contributed by atoms with Crippen LogP contribution in [0, 0.1) is 5.92 Å². The summed E-state index contributed by atoms with van der Waals surface area (Å²) in [5.74, 6) is 0.935. The smallest absolute Gasteiger partial charge is 0.0278 e. The van der Waals surface area contributed by atoms with E-state index in [9.17, 15) is 0 Å². The molecule has 0 amide bonds. The Bertz CT molecular complexity index is 163. The number of nitrogens with two attached hydrogens (primary N) is 1. The van der Waals surface area contributed by atoms with E-state index in [2.05, 4.69) is 18.8 Å². The van der Waals surface area contributed by atoms with Crippen LogP contribution >= 0.6 is 0 Å². The lowest BCUT2D eigenvalue weighted by atomic mass is 9.95. The van der Waals surface area contributed by atoms with Crippen LogP contribution in [0.15, 0.2) is 12.7 Å². The SMILES string of the molecule is C=CCCNC(C)(CN)CC1CC1. The molecule has 0 heterocycles. The fraction of sp³-hybridized carbons (Fsp3) is 0.818. The summed E-state index contributed by atoms with van der Waals surface area (Å²) in [6.07, 6.45) is 7.01. The third-order valence-corrected chi connectivity index (χ3v) is 2.79. The Balaban J connectivity index is 2.23. The predicted octanol–water partition coefficient (Wildman–Crippen LogP) is 1.67. The van der Waals surface area contributed by atoms with Crippen molar-refractivity contribution in [3.8, 4) is 0 Å². The van der Waals surface area contributed by atoms with Crippen molar-refractivity contribution in [2.45, 2.75) is 38.1 Å². The van der Waals surface area contributed by atoms with E-state index >= 15 is 0 Å². The van der Waals surface area contributed by atoms with Crippen molar-refractivity contribution < 1.29 is 0 Å². The maximum Gasteiger partial charge on any atom is 0.0278 e. The molecule has 0 aromatic rings. The minimum Gasteiger partial charge on any atom is -0.329 e. The summed E-state index contributed by atoms with van der Waals surface area (Å²) in [5, 5.41) is 3.52. The van der Waals surface area contributed by atoms with Crippen molar-refractivity contribution in [1.29, 1.82) is 0 Å². The molecule has 0 saturated heterocycles. The molecular weight excluding hydrogens is 160 g/mol. The van der Waals surface area contributed by atoms with Gasteiger partial charge in [-0.05, 0) is 32.2 Å². The molecule has 1 rings (SSSR count). The van der Waals surface area contributed by atoms with Crippen LogP contribution in [0.1, 0.15) is 32.6 Å². The summed E-state index contributed by atoms with van der Waals surface area (Å²) >= 11 is 0. The zero-order valence-electron chi connectivity index (χ0n) is 8.68. The molecule has 3 N–H and O–H groups in total. The van der Waals surface area contributed by atoms with Crippen molar-refractivity contribution >= 4 is 0 Å². The topological polar surface area (TPSA) is 38.0 Å². The number of rotatable bonds is 7. The molecule has 0 aromatic carbocycles. The van der Waals surface area contributed by atoms with Gasteiger partial charge in [-0.25, -0.2) is 0 Å². The van der Waals surface area contributed by atoms with Crippen molar-refractivity contribution in [3.63, 3.8) is 0 Å². The third-order valence-electron chi connectivity index (χ3n) is 2.79. The average molecular weight is 182 g/mol. The summed E-state index contributed by atoms with van der Waals surface area (Å²) in [5.41, 5.74) is 5.93. The van der Waals surface area contributed by atoms with Crippen molar-refractivity contribution in [1.82, 2.24) is 5.32 Å². The first-order valence-corrected chi connectivity index (χ1v) is 5.26.